The lowest BCUT2D eigenvalue weighted by Gasteiger charge is -2.01. The van der Waals surface area contributed by atoms with Gasteiger partial charge in [-0.15, -0.1) is 0 Å². The predicted molar refractivity (Wildman–Crippen MR) is 45.0 cm³/mol. The highest BCUT2D eigenvalue weighted by Gasteiger charge is 1.98. The third-order valence-corrected chi connectivity index (χ3v) is 1.37. The summed E-state index contributed by atoms with van der Waals surface area (Å²) in [6.45, 7) is 7.92. The molecule has 11 heavy (non-hydrogen) atoms. The zero-order chi connectivity index (χ0) is 8.27. The van der Waals surface area contributed by atoms with Crippen LogP contribution in [0, 0.1) is 19.8 Å². The van der Waals surface area contributed by atoms with Gasteiger partial charge in [0.05, 0.1) is 0 Å². The van der Waals surface area contributed by atoms with E-state index in [9.17, 15) is 0 Å². The number of nitrogens with zero attached hydrogens (tertiary/aromatic N) is 2. The van der Waals surface area contributed by atoms with Crippen molar-refractivity contribution >= 4 is 0 Å². The molecule has 0 N–H and O–H groups in total. The molecule has 0 spiro atoms. The van der Waals surface area contributed by atoms with Gasteiger partial charge in [-0.25, -0.2) is 9.97 Å². The molecule has 0 bridgehead atoms. The Morgan fingerprint density at radius 1 is 1.45 bits per heavy atom. The fraction of sp³-hybridized carbons (Fsp3) is 0.444. The predicted octanol–water partition coefficient (Wildman–Crippen LogP) is 1.80. The fourth-order valence-corrected chi connectivity index (χ4v) is 0.836. The van der Waals surface area contributed by atoms with Gasteiger partial charge < -0.3 is 0 Å². The first-order valence-corrected chi connectivity index (χ1v) is 3.79. The van der Waals surface area contributed by atoms with E-state index in [0.717, 1.165) is 17.8 Å². The van der Waals surface area contributed by atoms with Crippen molar-refractivity contribution in [2.75, 3.05) is 0 Å². The van der Waals surface area contributed by atoms with Crippen LogP contribution in [-0.2, 0) is 6.42 Å². The minimum Gasteiger partial charge on any atom is -0.241 e. The summed E-state index contributed by atoms with van der Waals surface area (Å²) in [7, 11) is 0. The Bertz CT molecular complexity index is 214. The fourth-order valence-electron chi connectivity index (χ4n) is 0.836. The van der Waals surface area contributed by atoms with Crippen molar-refractivity contribution in [2.24, 2.45) is 5.92 Å². The Morgan fingerprint density at radius 2 is 2.00 bits per heavy atom. The molecule has 2 heteroatoms. The van der Waals surface area contributed by atoms with E-state index in [2.05, 4.69) is 23.8 Å². The van der Waals surface area contributed by atoms with Gasteiger partial charge in [0.1, 0.15) is 5.82 Å². The van der Waals surface area contributed by atoms with E-state index in [0.29, 0.717) is 5.92 Å². The molecule has 2 nitrogen and oxygen atoms in total. The second-order valence-corrected chi connectivity index (χ2v) is 2.99. The molecule has 0 aliphatic rings. The lowest BCUT2D eigenvalue weighted by molar-refractivity contribution is 0.681. The number of aryl methyl sites for hydroxylation is 1. The van der Waals surface area contributed by atoms with Crippen LogP contribution in [0.4, 0.5) is 0 Å². The zero-order valence-corrected chi connectivity index (χ0v) is 7.04. The third kappa shape index (κ3) is 2.66. The van der Waals surface area contributed by atoms with Crippen LogP contribution in [0.3, 0.4) is 0 Å². The minimum absolute atomic E-state index is 0.387. The highest BCUT2D eigenvalue weighted by atomic mass is 14.9. The first-order valence-electron chi connectivity index (χ1n) is 3.79. The van der Waals surface area contributed by atoms with Gasteiger partial charge in [-0.05, 0) is 18.4 Å². The monoisotopic (exact) mass is 149 g/mol. The maximum atomic E-state index is 4.17. The Morgan fingerprint density at radius 3 is 2.45 bits per heavy atom. The molecule has 59 valence electrons. The second kappa shape index (κ2) is 3.46. The van der Waals surface area contributed by atoms with Crippen LogP contribution in [0.25, 0.3) is 0 Å². The van der Waals surface area contributed by atoms with E-state index in [4.69, 9.17) is 0 Å². The second-order valence-electron chi connectivity index (χ2n) is 2.99. The van der Waals surface area contributed by atoms with Gasteiger partial charge in [0.15, 0.2) is 0 Å². The summed E-state index contributed by atoms with van der Waals surface area (Å²) >= 11 is 0. The van der Waals surface area contributed by atoms with Crippen LogP contribution >= 0.6 is 0 Å². The van der Waals surface area contributed by atoms with Crippen LogP contribution in [-0.4, -0.2) is 9.97 Å². The topological polar surface area (TPSA) is 25.8 Å². The molecular weight excluding hydrogens is 136 g/mol. The average molecular weight is 149 g/mol. The molecule has 1 aromatic rings. The third-order valence-electron chi connectivity index (χ3n) is 1.37. The average Bonchev–Trinajstić information content (AvgIpc) is 1.93. The van der Waals surface area contributed by atoms with Crippen molar-refractivity contribution in [1.82, 2.24) is 9.97 Å². The van der Waals surface area contributed by atoms with E-state index in [1.165, 1.54) is 0 Å². The van der Waals surface area contributed by atoms with E-state index >= 15 is 0 Å². The number of aromatic nitrogens is 2. The molecule has 0 aliphatic carbocycles. The molecule has 0 amide bonds. The summed E-state index contributed by atoms with van der Waals surface area (Å²) in [5.74, 6) is 1.27. The number of rotatable bonds is 2. The largest absolute Gasteiger partial charge is 0.241 e. The quantitative estimate of drug-likeness (QED) is 0.640. The van der Waals surface area contributed by atoms with Crippen molar-refractivity contribution in [3.05, 3.63) is 30.7 Å². The van der Waals surface area contributed by atoms with Gasteiger partial charge in [-0.2, -0.15) is 0 Å². The van der Waals surface area contributed by atoms with Crippen LogP contribution in [0.2, 0.25) is 0 Å². The van der Waals surface area contributed by atoms with Crippen LogP contribution in [0.1, 0.15) is 18.3 Å². The van der Waals surface area contributed by atoms with Crippen molar-refractivity contribution in [3.8, 4) is 0 Å². The summed E-state index contributed by atoms with van der Waals surface area (Å²) in [6, 6.07) is 0. The van der Waals surface area contributed by atoms with Crippen molar-refractivity contribution in [1.29, 1.82) is 0 Å². The maximum Gasteiger partial charge on any atom is 0.128 e. The molecule has 1 heterocycles. The summed E-state index contributed by atoms with van der Waals surface area (Å²) in [5.41, 5.74) is 1.10. The molecule has 0 fully saturated rings. The van der Waals surface area contributed by atoms with Gasteiger partial charge in [-0.1, -0.05) is 13.8 Å². The highest BCUT2D eigenvalue weighted by molar-refractivity contribution is 5.02. The molecule has 0 aliphatic heterocycles. The van der Waals surface area contributed by atoms with Crippen LogP contribution in [0.15, 0.2) is 12.4 Å². The van der Waals surface area contributed by atoms with Crippen LogP contribution < -0.4 is 0 Å². The Kier molecular flexibility index (Phi) is 2.58. The van der Waals surface area contributed by atoms with Crippen molar-refractivity contribution in [2.45, 2.75) is 20.3 Å². The molecule has 1 aromatic heterocycles. The molecule has 1 atom stereocenters. The zero-order valence-electron chi connectivity index (χ0n) is 7.04. The minimum atomic E-state index is 0.387. The lowest BCUT2D eigenvalue weighted by Crippen LogP contribution is -2.00. The molecule has 0 saturated carbocycles. The summed E-state index contributed by atoms with van der Waals surface area (Å²) in [4.78, 5) is 8.33. The van der Waals surface area contributed by atoms with Gasteiger partial charge in [-0.3, -0.25) is 0 Å². The van der Waals surface area contributed by atoms with Crippen molar-refractivity contribution in [3.63, 3.8) is 0 Å². The van der Waals surface area contributed by atoms with Crippen molar-refractivity contribution < 1.29 is 0 Å². The van der Waals surface area contributed by atoms with E-state index < -0.39 is 0 Å². The standard InChI is InChI=1S/C9H13N2/c1-7(2)4-9-10-5-8(3)6-11-9/h5-7H,1,4H2,2-3H3. The van der Waals surface area contributed by atoms with Gasteiger partial charge in [0.25, 0.3) is 0 Å². The summed E-state index contributed by atoms with van der Waals surface area (Å²) in [6.07, 6.45) is 4.54. The molecule has 0 aromatic carbocycles. The van der Waals surface area contributed by atoms with E-state index in [-0.39, 0.29) is 0 Å². The molecule has 1 rings (SSSR count). The lowest BCUT2D eigenvalue weighted by atomic mass is 10.1. The molecule has 1 radical (unpaired) electrons. The summed E-state index contributed by atoms with van der Waals surface area (Å²) in [5, 5.41) is 0. The highest BCUT2D eigenvalue weighted by Crippen LogP contribution is 2.01. The molecule has 0 saturated heterocycles. The number of hydrogen-bond donors (Lipinski definition) is 0. The Hall–Kier alpha value is -0.920. The Labute approximate surface area is 67.7 Å². The van der Waals surface area contributed by atoms with Gasteiger partial charge in [0, 0.05) is 18.8 Å². The van der Waals surface area contributed by atoms with Gasteiger partial charge >= 0.3 is 0 Å². The molecular formula is C9H13N2. The Balaban J connectivity index is 2.66. The maximum absolute atomic E-state index is 4.17. The van der Waals surface area contributed by atoms with E-state index in [1.54, 1.807) is 0 Å². The SMILES string of the molecule is [CH2]C(C)Cc1ncc(C)cn1. The smallest absolute Gasteiger partial charge is 0.128 e. The van der Waals surface area contributed by atoms with E-state index in [1.807, 2.05) is 19.3 Å². The first kappa shape index (κ1) is 8.18. The van der Waals surface area contributed by atoms with Crippen LogP contribution in [0.5, 0.6) is 0 Å². The molecule has 1 unspecified atom stereocenters. The first-order chi connectivity index (χ1) is 5.18. The number of hydrogen-bond acceptors (Lipinski definition) is 2. The summed E-state index contributed by atoms with van der Waals surface area (Å²) < 4.78 is 0. The normalized spacial score (nSPS) is 10.5. The van der Waals surface area contributed by atoms with Gasteiger partial charge in [0.2, 0.25) is 0 Å².